The first-order valence-corrected chi connectivity index (χ1v) is 20.0. The lowest BCUT2D eigenvalue weighted by Crippen LogP contribution is -2.14. The maximum absolute atomic E-state index is 2.36. The Bertz CT molecular complexity index is 2760. The highest BCUT2D eigenvalue weighted by molar-refractivity contribution is 7.25. The van der Waals surface area contributed by atoms with Crippen LogP contribution in [0.5, 0.6) is 0 Å². The molecule has 1 aliphatic carbocycles. The number of benzene rings is 8. The van der Waals surface area contributed by atoms with Gasteiger partial charge in [-0.2, -0.15) is 0 Å². The zero-order valence-corrected chi connectivity index (χ0v) is 33.1. The molecule has 0 N–H and O–H groups in total. The Morgan fingerprint density at radius 1 is 0.345 bits per heavy atom. The molecule has 0 fully saturated rings. The zero-order chi connectivity index (χ0) is 37.9. The van der Waals surface area contributed by atoms with E-state index in [4.69, 9.17) is 0 Å². The molecule has 0 saturated heterocycles. The lowest BCUT2D eigenvalue weighted by Gasteiger charge is -2.21. The van der Waals surface area contributed by atoms with E-state index in [2.05, 4.69) is 217 Å². The smallest absolute Gasteiger partial charge is 0.0361 e. The van der Waals surface area contributed by atoms with E-state index in [1.165, 1.54) is 92.5 Å². The molecule has 10 rings (SSSR count). The molecule has 1 aliphatic rings. The molecule has 55 heavy (non-hydrogen) atoms. The molecule has 1 aromatic heterocycles. The molecular formula is C54H46S. The summed E-state index contributed by atoms with van der Waals surface area (Å²) < 4.78 is 2.73. The molecular weight excluding hydrogens is 681 g/mol. The zero-order valence-electron chi connectivity index (χ0n) is 32.3. The van der Waals surface area contributed by atoms with Crippen LogP contribution in [0.2, 0.25) is 0 Å². The van der Waals surface area contributed by atoms with E-state index in [0.717, 1.165) is 0 Å². The van der Waals surface area contributed by atoms with Crippen LogP contribution in [0.25, 0.3) is 64.7 Å². The van der Waals surface area contributed by atoms with Gasteiger partial charge in [-0.05, 0) is 100 Å². The third-order valence-electron chi connectivity index (χ3n) is 10.9. The van der Waals surface area contributed by atoms with Crippen LogP contribution < -0.4 is 0 Å². The van der Waals surface area contributed by atoms with Crippen molar-refractivity contribution in [2.24, 2.45) is 0 Å². The average Bonchev–Trinajstić information content (AvgIpc) is 3.70. The van der Waals surface area contributed by atoms with E-state index in [1.807, 2.05) is 17.4 Å². The quantitative estimate of drug-likeness (QED) is 0.170. The fourth-order valence-electron chi connectivity index (χ4n) is 7.97. The topological polar surface area (TPSA) is 0 Å². The Kier molecular flexibility index (Phi) is 10.1. The SMILES string of the molecule is Cc1cccc(-c2ccc3c(c2)-c2ccccc2C3(C)C)c1.Cc1cccc(-c2ccccc2)c1.Cc1ccccc1-c1ccc2c(c1)sc1ccccc12. The van der Waals surface area contributed by atoms with Crippen molar-refractivity contribution < 1.29 is 0 Å². The first kappa shape index (κ1) is 36.0. The number of rotatable bonds is 3. The van der Waals surface area contributed by atoms with Crippen molar-refractivity contribution in [3.05, 3.63) is 216 Å². The van der Waals surface area contributed by atoms with E-state index in [0.29, 0.717) is 0 Å². The molecule has 8 aromatic carbocycles. The predicted octanol–water partition coefficient (Wildman–Crippen LogP) is 15.7. The lowest BCUT2D eigenvalue weighted by atomic mass is 9.82. The molecule has 0 amide bonds. The van der Waals surface area contributed by atoms with E-state index in [-0.39, 0.29) is 5.41 Å². The summed E-state index contributed by atoms with van der Waals surface area (Å²) in [6.45, 7) is 11.1. The highest BCUT2D eigenvalue weighted by atomic mass is 32.1. The van der Waals surface area contributed by atoms with Crippen LogP contribution in [0, 0.1) is 20.8 Å². The minimum Gasteiger partial charge on any atom is -0.135 e. The largest absolute Gasteiger partial charge is 0.135 e. The number of fused-ring (bicyclic) bond motifs is 6. The first-order chi connectivity index (χ1) is 26.8. The Labute approximate surface area is 330 Å². The van der Waals surface area contributed by atoms with Gasteiger partial charge in [0.25, 0.3) is 0 Å². The monoisotopic (exact) mass is 726 g/mol. The minimum absolute atomic E-state index is 0.0943. The number of hydrogen-bond acceptors (Lipinski definition) is 1. The van der Waals surface area contributed by atoms with Gasteiger partial charge in [-0.25, -0.2) is 0 Å². The summed E-state index contributed by atoms with van der Waals surface area (Å²) in [5.41, 5.74) is 17.5. The van der Waals surface area contributed by atoms with Crippen LogP contribution in [-0.2, 0) is 5.41 Å². The highest BCUT2D eigenvalue weighted by Gasteiger charge is 2.35. The van der Waals surface area contributed by atoms with Gasteiger partial charge in [-0.3, -0.25) is 0 Å². The molecule has 268 valence electrons. The Morgan fingerprint density at radius 3 is 1.62 bits per heavy atom. The van der Waals surface area contributed by atoms with Gasteiger partial charge in [0.15, 0.2) is 0 Å². The molecule has 0 nitrogen and oxygen atoms in total. The van der Waals surface area contributed by atoms with Gasteiger partial charge in [0.2, 0.25) is 0 Å². The second-order valence-corrected chi connectivity index (χ2v) is 16.2. The van der Waals surface area contributed by atoms with Crippen LogP contribution in [0.15, 0.2) is 188 Å². The molecule has 0 spiro atoms. The number of hydrogen-bond donors (Lipinski definition) is 0. The Hall–Kier alpha value is -6.02. The second kappa shape index (κ2) is 15.4. The summed E-state index contributed by atoms with van der Waals surface area (Å²) in [6, 6.07) is 67.5. The summed E-state index contributed by atoms with van der Waals surface area (Å²) >= 11 is 1.88. The molecule has 1 heteroatoms. The molecule has 0 unspecified atom stereocenters. The van der Waals surface area contributed by atoms with Crippen molar-refractivity contribution in [1.82, 2.24) is 0 Å². The normalized spacial score (nSPS) is 12.2. The van der Waals surface area contributed by atoms with Crippen molar-refractivity contribution >= 4 is 31.5 Å². The maximum Gasteiger partial charge on any atom is 0.0361 e. The van der Waals surface area contributed by atoms with Gasteiger partial charge in [0.05, 0.1) is 0 Å². The minimum atomic E-state index is 0.0943. The van der Waals surface area contributed by atoms with E-state index in [9.17, 15) is 0 Å². The van der Waals surface area contributed by atoms with Crippen molar-refractivity contribution in [3.8, 4) is 44.5 Å². The number of thiophene rings is 1. The Morgan fingerprint density at radius 2 is 0.891 bits per heavy atom. The molecule has 0 bridgehead atoms. The summed E-state index contributed by atoms with van der Waals surface area (Å²) in [7, 11) is 0. The maximum atomic E-state index is 2.36. The summed E-state index contributed by atoms with van der Waals surface area (Å²) in [5.74, 6) is 0. The summed E-state index contributed by atoms with van der Waals surface area (Å²) in [6.07, 6.45) is 0. The first-order valence-electron chi connectivity index (χ1n) is 19.2. The van der Waals surface area contributed by atoms with E-state index in [1.54, 1.807) is 0 Å². The molecule has 1 heterocycles. The predicted molar refractivity (Wildman–Crippen MR) is 240 cm³/mol. The van der Waals surface area contributed by atoms with E-state index >= 15 is 0 Å². The lowest BCUT2D eigenvalue weighted by molar-refractivity contribution is 0.660. The third-order valence-corrected chi connectivity index (χ3v) is 12.0. The van der Waals surface area contributed by atoms with Gasteiger partial charge in [-0.1, -0.05) is 195 Å². The molecule has 0 atom stereocenters. The van der Waals surface area contributed by atoms with Crippen LogP contribution in [0.1, 0.15) is 41.7 Å². The fraction of sp³-hybridized carbons (Fsp3) is 0.111. The van der Waals surface area contributed by atoms with Crippen molar-refractivity contribution in [2.75, 3.05) is 0 Å². The summed E-state index contributed by atoms with van der Waals surface area (Å²) in [4.78, 5) is 0. The highest BCUT2D eigenvalue weighted by Crippen LogP contribution is 2.49. The van der Waals surface area contributed by atoms with Gasteiger partial charge in [-0.15, -0.1) is 11.3 Å². The van der Waals surface area contributed by atoms with Crippen LogP contribution in [0.3, 0.4) is 0 Å². The van der Waals surface area contributed by atoms with Crippen LogP contribution in [0.4, 0.5) is 0 Å². The van der Waals surface area contributed by atoms with Gasteiger partial charge >= 0.3 is 0 Å². The summed E-state index contributed by atoms with van der Waals surface area (Å²) in [5, 5.41) is 2.73. The number of aryl methyl sites for hydroxylation is 3. The molecule has 0 aliphatic heterocycles. The van der Waals surface area contributed by atoms with Gasteiger partial charge in [0, 0.05) is 25.6 Å². The van der Waals surface area contributed by atoms with Crippen molar-refractivity contribution in [1.29, 1.82) is 0 Å². The molecule has 0 saturated carbocycles. The second-order valence-electron chi connectivity index (χ2n) is 15.2. The fourth-order valence-corrected chi connectivity index (χ4v) is 9.12. The third kappa shape index (κ3) is 7.41. The average molecular weight is 727 g/mol. The molecule has 0 radical (unpaired) electrons. The van der Waals surface area contributed by atoms with E-state index < -0.39 is 0 Å². The Balaban J connectivity index is 0.000000120. The van der Waals surface area contributed by atoms with Gasteiger partial charge in [0.1, 0.15) is 0 Å². The standard InChI is InChI=1S/C22H20.C19H14S.C13H12/c1-15-7-6-8-16(13-15)17-11-12-21-19(14-17)18-9-4-5-10-20(18)22(21,2)3;1-13-6-2-3-7-15(13)14-10-11-17-16-8-4-5-9-18(16)20-19(17)12-14;1-11-6-5-9-13(10-11)12-7-3-2-4-8-12/h4-14H,1-3H3;2-12H,1H3;2-10H,1H3. The molecule has 9 aromatic rings. The van der Waals surface area contributed by atoms with Gasteiger partial charge < -0.3 is 0 Å². The van der Waals surface area contributed by atoms with Crippen molar-refractivity contribution in [3.63, 3.8) is 0 Å². The van der Waals surface area contributed by atoms with Crippen LogP contribution in [-0.4, -0.2) is 0 Å². The van der Waals surface area contributed by atoms with Crippen molar-refractivity contribution in [2.45, 2.75) is 40.0 Å². The van der Waals surface area contributed by atoms with Crippen LogP contribution >= 0.6 is 11.3 Å².